The Kier molecular flexibility index (Phi) is 8.72. The molecule has 12 rings (SSSR count). The summed E-state index contributed by atoms with van der Waals surface area (Å²) in [5, 5.41) is 2.82. The Bertz CT molecular complexity index is 3040. The fraction of sp³-hybridized carbons (Fsp3) is 0.270. The zero-order valence-corrected chi connectivity index (χ0v) is 38.3. The van der Waals surface area contributed by atoms with Crippen molar-refractivity contribution in [3.05, 3.63) is 199 Å². The molecular weight excluding hydrogens is 771 g/mol. The molecule has 8 aromatic carbocycles. The van der Waals surface area contributed by atoms with E-state index in [0.29, 0.717) is 10.8 Å². The van der Waals surface area contributed by atoms with Gasteiger partial charge in [0, 0.05) is 22.1 Å². The molecule has 0 bridgehead atoms. The first-order chi connectivity index (χ1) is 31.0. The first kappa shape index (κ1) is 39.4. The number of para-hydroxylation sites is 3. The number of anilines is 3. The minimum absolute atomic E-state index is 0.0131. The van der Waals surface area contributed by atoms with Gasteiger partial charge in [-0.05, 0) is 133 Å². The second-order valence-electron chi connectivity index (χ2n) is 21.8. The lowest BCUT2D eigenvalue weighted by Crippen LogP contribution is -2.87. The molecule has 1 spiro atoms. The molecule has 8 aromatic rings. The lowest BCUT2D eigenvalue weighted by molar-refractivity contribution is -0.394. The summed E-state index contributed by atoms with van der Waals surface area (Å²) in [6, 6.07) is 69.0. The quantitative estimate of drug-likeness (QED) is 0.147. The third-order valence-corrected chi connectivity index (χ3v) is 16.6. The molecule has 4 saturated carbocycles. The minimum Gasteiger partial charge on any atom is -0.309 e. The van der Waals surface area contributed by atoms with Crippen LogP contribution in [0.5, 0.6) is 0 Å². The molecule has 0 heterocycles. The van der Waals surface area contributed by atoms with Crippen molar-refractivity contribution < 1.29 is 0 Å². The van der Waals surface area contributed by atoms with E-state index in [4.69, 9.17) is 0 Å². The molecule has 316 valence electrons. The molecule has 0 saturated heterocycles. The van der Waals surface area contributed by atoms with Crippen molar-refractivity contribution in [2.75, 3.05) is 4.90 Å². The zero-order chi connectivity index (χ0) is 43.6. The predicted molar refractivity (Wildman–Crippen MR) is 271 cm³/mol. The predicted octanol–water partition coefficient (Wildman–Crippen LogP) is 17.3. The van der Waals surface area contributed by atoms with Crippen LogP contribution in [0, 0.1) is 23.2 Å². The Balaban J connectivity index is 1.09. The summed E-state index contributed by atoms with van der Waals surface area (Å²) in [5.74, 6) is 2.83. The topological polar surface area (TPSA) is 3.24 Å². The summed E-state index contributed by atoms with van der Waals surface area (Å²) < 4.78 is 0. The average Bonchev–Trinajstić information content (AvgIpc) is 3.28. The van der Waals surface area contributed by atoms with Gasteiger partial charge in [-0.15, -0.1) is 0 Å². The van der Waals surface area contributed by atoms with Crippen molar-refractivity contribution in [3.8, 4) is 44.5 Å². The smallest absolute Gasteiger partial charge is 0.0540 e. The van der Waals surface area contributed by atoms with E-state index in [1.807, 2.05) is 0 Å². The van der Waals surface area contributed by atoms with Gasteiger partial charge in [0.2, 0.25) is 0 Å². The average molecular weight is 830 g/mol. The van der Waals surface area contributed by atoms with Crippen LogP contribution < -0.4 is 4.90 Å². The molecule has 2 unspecified atom stereocenters. The number of hydrogen-bond acceptors (Lipinski definition) is 1. The van der Waals surface area contributed by atoms with Crippen molar-refractivity contribution in [1.82, 2.24) is 0 Å². The maximum absolute atomic E-state index is 2.59. The van der Waals surface area contributed by atoms with Crippen LogP contribution in [-0.2, 0) is 16.2 Å². The number of benzene rings is 8. The van der Waals surface area contributed by atoms with Crippen molar-refractivity contribution >= 4 is 27.8 Å². The molecule has 0 aliphatic heterocycles. The lowest BCUT2D eigenvalue weighted by Gasteiger charge is -2.91. The Morgan fingerprint density at radius 3 is 1.44 bits per heavy atom. The fourth-order valence-corrected chi connectivity index (χ4v) is 13.6. The number of fused-ring (bicyclic) bond motifs is 1. The van der Waals surface area contributed by atoms with Gasteiger partial charge in [-0.2, -0.15) is 0 Å². The highest BCUT2D eigenvalue weighted by Crippen LogP contribution is 2.93. The van der Waals surface area contributed by atoms with Crippen LogP contribution in [0.1, 0.15) is 83.9 Å². The van der Waals surface area contributed by atoms with Gasteiger partial charge in [0.25, 0.3) is 0 Å². The normalized spacial score (nSPS) is 22.9. The Hall–Kier alpha value is -6.18. The SMILES string of the molecule is CC(C)(C)c1cc(-c2ccccc2N(c2ccccc2-c2ccc(-c3ccccc3)cc2)c2ccccc2-c2cccc3cccc(C45CC6CC7CC(C4)C765)c23)cc(C(C)(C)C)c1. The van der Waals surface area contributed by atoms with Gasteiger partial charge in [0.15, 0.2) is 0 Å². The summed E-state index contributed by atoms with van der Waals surface area (Å²) in [7, 11) is 0. The first-order valence-corrected chi connectivity index (χ1v) is 23.9. The van der Waals surface area contributed by atoms with E-state index < -0.39 is 0 Å². The molecule has 4 fully saturated rings. The number of nitrogens with zero attached hydrogens (tertiary/aromatic N) is 1. The number of hydrogen-bond donors (Lipinski definition) is 0. The molecule has 4 aliphatic rings. The van der Waals surface area contributed by atoms with Crippen molar-refractivity contribution in [1.29, 1.82) is 0 Å². The maximum Gasteiger partial charge on any atom is 0.0540 e. The van der Waals surface area contributed by atoms with E-state index >= 15 is 0 Å². The second-order valence-corrected chi connectivity index (χ2v) is 21.8. The highest BCUT2D eigenvalue weighted by molar-refractivity contribution is 6.05. The van der Waals surface area contributed by atoms with Crippen LogP contribution in [0.4, 0.5) is 17.1 Å². The molecule has 1 heteroatoms. The van der Waals surface area contributed by atoms with Gasteiger partial charge in [-0.25, -0.2) is 0 Å². The van der Waals surface area contributed by atoms with Crippen molar-refractivity contribution in [3.63, 3.8) is 0 Å². The fourth-order valence-electron chi connectivity index (χ4n) is 13.6. The van der Waals surface area contributed by atoms with Gasteiger partial charge < -0.3 is 4.90 Å². The minimum atomic E-state index is -0.0131. The van der Waals surface area contributed by atoms with E-state index in [9.17, 15) is 0 Å². The molecule has 0 amide bonds. The second kappa shape index (κ2) is 14.2. The van der Waals surface area contributed by atoms with Gasteiger partial charge >= 0.3 is 0 Å². The third kappa shape index (κ3) is 5.68. The maximum atomic E-state index is 2.59. The van der Waals surface area contributed by atoms with Gasteiger partial charge in [0.05, 0.1) is 17.1 Å². The summed E-state index contributed by atoms with van der Waals surface area (Å²) in [4.78, 5) is 2.59. The Labute approximate surface area is 380 Å². The first-order valence-electron chi connectivity index (χ1n) is 23.9. The summed E-state index contributed by atoms with van der Waals surface area (Å²) in [5.41, 5.74) is 18.7. The molecule has 0 aromatic heterocycles. The third-order valence-electron chi connectivity index (χ3n) is 16.6. The van der Waals surface area contributed by atoms with Crippen LogP contribution in [-0.4, -0.2) is 0 Å². The highest BCUT2D eigenvalue weighted by atomic mass is 15.1. The van der Waals surface area contributed by atoms with E-state index in [-0.39, 0.29) is 10.8 Å². The molecule has 64 heavy (non-hydrogen) atoms. The summed E-state index contributed by atoms with van der Waals surface area (Å²) >= 11 is 0. The van der Waals surface area contributed by atoms with Crippen LogP contribution in [0.15, 0.2) is 182 Å². The molecule has 0 N–H and O–H groups in total. The summed E-state index contributed by atoms with van der Waals surface area (Å²) in [6.07, 6.45) is 5.68. The van der Waals surface area contributed by atoms with Gasteiger partial charge in [-0.3, -0.25) is 0 Å². The lowest BCUT2D eigenvalue weighted by atomic mass is 9.12. The van der Waals surface area contributed by atoms with Crippen LogP contribution >= 0.6 is 0 Å². The van der Waals surface area contributed by atoms with Crippen molar-refractivity contribution in [2.45, 2.75) is 83.5 Å². The molecule has 0 radical (unpaired) electrons. The van der Waals surface area contributed by atoms with E-state index in [1.54, 1.807) is 5.56 Å². The standard InChI is InChI=1S/C63H59N/c1-60(2,3)46-34-45(35-47(36-46)61(4,5)6)52-23-11-14-28-57(52)64(56-27-13-10-22-51(56)43-32-30-42(31-33-43)41-18-8-7-9-19-41)58-29-15-12-24-53(58)54-25-16-20-44-21-17-26-55(59(44)54)62-39-49-37-48-38-50(40-62)63(48,49)62/h7-36,48-50H,37-40H2,1-6H3. The van der Waals surface area contributed by atoms with Crippen LogP contribution in [0.25, 0.3) is 55.3 Å². The van der Waals surface area contributed by atoms with Crippen LogP contribution in [0.2, 0.25) is 0 Å². The molecule has 4 aliphatic carbocycles. The monoisotopic (exact) mass is 829 g/mol. The molecular formula is C63H59N. The van der Waals surface area contributed by atoms with Crippen LogP contribution in [0.3, 0.4) is 0 Å². The van der Waals surface area contributed by atoms with Crippen molar-refractivity contribution in [2.24, 2.45) is 23.2 Å². The van der Waals surface area contributed by atoms with Gasteiger partial charge in [-0.1, -0.05) is 205 Å². The highest BCUT2D eigenvalue weighted by Gasteiger charge is 2.87. The Morgan fingerprint density at radius 1 is 0.406 bits per heavy atom. The molecule has 1 nitrogen and oxygen atoms in total. The summed E-state index contributed by atoms with van der Waals surface area (Å²) in [6.45, 7) is 14.0. The number of rotatable bonds is 8. The zero-order valence-electron chi connectivity index (χ0n) is 38.3. The largest absolute Gasteiger partial charge is 0.309 e. The van der Waals surface area contributed by atoms with E-state index in [0.717, 1.165) is 23.4 Å². The van der Waals surface area contributed by atoms with E-state index in [1.165, 1.54) is 103 Å². The van der Waals surface area contributed by atoms with E-state index in [2.05, 4.69) is 228 Å². The molecule has 2 atom stereocenters. The van der Waals surface area contributed by atoms with Gasteiger partial charge in [0.1, 0.15) is 0 Å². The Morgan fingerprint density at radius 2 is 0.875 bits per heavy atom.